The molecule has 1 unspecified atom stereocenters. The number of aliphatic carboxylic acids is 1. The molecule has 0 aliphatic heterocycles. The van der Waals surface area contributed by atoms with Gasteiger partial charge in [-0.1, -0.05) is 6.92 Å². The molecule has 0 aromatic carbocycles. The third-order valence-electron chi connectivity index (χ3n) is 1.28. The fourth-order valence-electron chi connectivity index (χ4n) is 0.556. The molecule has 70 valence electrons. The van der Waals surface area contributed by atoms with Crippen LogP contribution in [0.2, 0.25) is 0 Å². The minimum atomic E-state index is -1.15. The van der Waals surface area contributed by atoms with E-state index in [2.05, 4.69) is 4.74 Å². The second-order valence-electron chi connectivity index (χ2n) is 2.46. The Balaban J connectivity index is 4.03. The number of carbonyl (C=O) groups is 2. The zero-order valence-electron chi connectivity index (χ0n) is 7.11. The summed E-state index contributed by atoms with van der Waals surface area (Å²) in [5.74, 6) is -1.84. The molecule has 3 N–H and O–H groups in total. The molecule has 2 atom stereocenters. The Morgan fingerprint density at radius 3 is 2.33 bits per heavy atom. The first kappa shape index (κ1) is 10.9. The van der Waals surface area contributed by atoms with E-state index in [0.29, 0.717) is 0 Å². The fourth-order valence-corrected chi connectivity index (χ4v) is 0.556. The lowest BCUT2D eigenvalue weighted by Gasteiger charge is -2.12. The Morgan fingerprint density at radius 1 is 1.58 bits per heavy atom. The highest BCUT2D eigenvalue weighted by Gasteiger charge is 2.21. The molecule has 0 aromatic rings. The Labute approximate surface area is 70.5 Å². The Hall–Kier alpha value is -1.10. The zero-order valence-corrected chi connectivity index (χ0v) is 7.11. The zero-order chi connectivity index (χ0) is 9.72. The standard InChI is InChI=1S/C7H13NO4/c1-3-5(6(9)10)12-7(11)4(2)8/h4-5H,3,8H2,1-2H3,(H,9,10)/t4-,5?/m0/s1. The Kier molecular flexibility index (Phi) is 4.28. The maximum Gasteiger partial charge on any atom is 0.345 e. The highest BCUT2D eigenvalue weighted by molar-refractivity contribution is 5.80. The number of hydrogen-bond donors (Lipinski definition) is 2. The van der Waals surface area contributed by atoms with E-state index in [1.165, 1.54) is 6.92 Å². The molecule has 0 aliphatic rings. The lowest BCUT2D eigenvalue weighted by Crippen LogP contribution is -2.35. The van der Waals surface area contributed by atoms with Crippen molar-refractivity contribution in [2.75, 3.05) is 0 Å². The monoisotopic (exact) mass is 175 g/mol. The minimum absolute atomic E-state index is 0.244. The van der Waals surface area contributed by atoms with Crippen molar-refractivity contribution in [1.29, 1.82) is 0 Å². The van der Waals surface area contributed by atoms with Crippen LogP contribution in [0, 0.1) is 0 Å². The summed E-state index contributed by atoms with van der Waals surface area (Å²) in [5.41, 5.74) is 5.17. The smallest absolute Gasteiger partial charge is 0.345 e. The van der Waals surface area contributed by atoms with Gasteiger partial charge in [0.2, 0.25) is 0 Å². The van der Waals surface area contributed by atoms with Gasteiger partial charge >= 0.3 is 11.9 Å². The number of hydrogen-bond acceptors (Lipinski definition) is 4. The molecule has 0 aromatic heterocycles. The van der Waals surface area contributed by atoms with Gasteiger partial charge in [-0.3, -0.25) is 4.79 Å². The molecule has 0 bridgehead atoms. The first-order chi connectivity index (χ1) is 5.49. The van der Waals surface area contributed by atoms with Crippen molar-refractivity contribution in [3.63, 3.8) is 0 Å². The Bertz CT molecular complexity index is 178. The minimum Gasteiger partial charge on any atom is -0.479 e. The average molecular weight is 175 g/mol. The molecule has 5 nitrogen and oxygen atoms in total. The third-order valence-corrected chi connectivity index (χ3v) is 1.28. The second kappa shape index (κ2) is 4.71. The molecule has 0 rings (SSSR count). The van der Waals surface area contributed by atoms with E-state index in [9.17, 15) is 9.59 Å². The van der Waals surface area contributed by atoms with Crippen LogP contribution in [0.5, 0.6) is 0 Å². The molecule has 0 spiro atoms. The topological polar surface area (TPSA) is 89.6 Å². The average Bonchev–Trinajstić information content (AvgIpc) is 1.98. The SMILES string of the molecule is CCC(OC(=O)[C@H](C)N)C(=O)O. The summed E-state index contributed by atoms with van der Waals surface area (Å²) in [4.78, 5) is 21.2. The number of ether oxygens (including phenoxy) is 1. The molecule has 0 saturated carbocycles. The molecular formula is C7H13NO4. The molecule has 0 saturated heterocycles. The van der Waals surface area contributed by atoms with Gasteiger partial charge in [-0.05, 0) is 13.3 Å². The van der Waals surface area contributed by atoms with Crippen LogP contribution in [-0.2, 0) is 14.3 Å². The second-order valence-corrected chi connectivity index (χ2v) is 2.46. The molecular weight excluding hydrogens is 162 g/mol. The molecule has 5 heteroatoms. The van der Waals surface area contributed by atoms with Crippen molar-refractivity contribution in [1.82, 2.24) is 0 Å². The molecule has 12 heavy (non-hydrogen) atoms. The quantitative estimate of drug-likeness (QED) is 0.574. The molecule has 0 amide bonds. The summed E-state index contributed by atoms with van der Waals surface area (Å²) >= 11 is 0. The van der Waals surface area contributed by atoms with Crippen molar-refractivity contribution in [2.45, 2.75) is 32.4 Å². The van der Waals surface area contributed by atoms with E-state index >= 15 is 0 Å². The summed E-state index contributed by atoms with van der Waals surface area (Å²) in [6.07, 6.45) is -0.836. The number of carboxylic acids is 1. The van der Waals surface area contributed by atoms with Crippen LogP contribution in [0.3, 0.4) is 0 Å². The van der Waals surface area contributed by atoms with Crippen LogP contribution in [0.25, 0.3) is 0 Å². The van der Waals surface area contributed by atoms with Gasteiger partial charge in [0.1, 0.15) is 6.04 Å². The number of nitrogens with two attached hydrogens (primary N) is 1. The normalized spacial score (nSPS) is 14.9. The van der Waals surface area contributed by atoms with Crippen molar-refractivity contribution >= 4 is 11.9 Å². The van der Waals surface area contributed by atoms with E-state index in [4.69, 9.17) is 10.8 Å². The van der Waals surface area contributed by atoms with Crippen LogP contribution in [0.1, 0.15) is 20.3 Å². The van der Waals surface area contributed by atoms with E-state index in [-0.39, 0.29) is 6.42 Å². The largest absolute Gasteiger partial charge is 0.479 e. The van der Waals surface area contributed by atoms with Gasteiger partial charge in [0.05, 0.1) is 0 Å². The van der Waals surface area contributed by atoms with Gasteiger partial charge in [0, 0.05) is 0 Å². The summed E-state index contributed by atoms with van der Waals surface area (Å²) < 4.78 is 4.56. The highest BCUT2D eigenvalue weighted by atomic mass is 16.6. The van der Waals surface area contributed by atoms with Crippen molar-refractivity contribution in [2.24, 2.45) is 5.73 Å². The van der Waals surface area contributed by atoms with Crippen molar-refractivity contribution in [3.05, 3.63) is 0 Å². The highest BCUT2D eigenvalue weighted by Crippen LogP contribution is 1.99. The predicted octanol–water partition coefficient (Wildman–Crippen LogP) is -0.260. The first-order valence-corrected chi connectivity index (χ1v) is 3.68. The van der Waals surface area contributed by atoms with Gasteiger partial charge < -0.3 is 15.6 Å². The number of rotatable bonds is 4. The van der Waals surface area contributed by atoms with Gasteiger partial charge in [-0.2, -0.15) is 0 Å². The maximum absolute atomic E-state index is 10.8. The van der Waals surface area contributed by atoms with E-state index < -0.39 is 24.1 Å². The molecule has 0 heterocycles. The first-order valence-electron chi connectivity index (χ1n) is 3.68. The fraction of sp³-hybridized carbons (Fsp3) is 0.714. The summed E-state index contributed by atoms with van der Waals surface area (Å²) in [5, 5.41) is 8.49. The third kappa shape index (κ3) is 3.34. The number of carbonyl (C=O) groups excluding carboxylic acids is 1. The molecule has 0 aliphatic carbocycles. The maximum atomic E-state index is 10.8. The van der Waals surface area contributed by atoms with Crippen LogP contribution in [0.4, 0.5) is 0 Å². The molecule has 0 fully saturated rings. The van der Waals surface area contributed by atoms with E-state index in [0.717, 1.165) is 0 Å². The van der Waals surface area contributed by atoms with Crippen molar-refractivity contribution < 1.29 is 19.4 Å². The summed E-state index contributed by atoms with van der Waals surface area (Å²) in [6.45, 7) is 3.06. The van der Waals surface area contributed by atoms with E-state index in [1.807, 2.05) is 0 Å². The lowest BCUT2D eigenvalue weighted by atomic mass is 10.3. The number of carboxylic acid groups (broad SMARTS) is 1. The van der Waals surface area contributed by atoms with Crippen LogP contribution in [-0.4, -0.2) is 29.2 Å². The summed E-state index contributed by atoms with van der Waals surface area (Å²) in [6, 6.07) is -0.779. The van der Waals surface area contributed by atoms with Crippen molar-refractivity contribution in [3.8, 4) is 0 Å². The predicted molar refractivity (Wildman–Crippen MR) is 41.5 cm³/mol. The lowest BCUT2D eigenvalue weighted by molar-refractivity contribution is -0.164. The van der Waals surface area contributed by atoms with E-state index in [1.54, 1.807) is 6.92 Å². The molecule has 0 radical (unpaired) electrons. The Morgan fingerprint density at radius 2 is 2.08 bits per heavy atom. The van der Waals surface area contributed by atoms with Gasteiger partial charge in [0.25, 0.3) is 0 Å². The van der Waals surface area contributed by atoms with Crippen LogP contribution >= 0.6 is 0 Å². The van der Waals surface area contributed by atoms with Crippen LogP contribution in [0.15, 0.2) is 0 Å². The van der Waals surface area contributed by atoms with Gasteiger partial charge in [-0.25, -0.2) is 4.79 Å². The number of esters is 1. The summed E-state index contributed by atoms with van der Waals surface area (Å²) in [7, 11) is 0. The van der Waals surface area contributed by atoms with Gasteiger partial charge in [0.15, 0.2) is 6.10 Å². The van der Waals surface area contributed by atoms with Crippen LogP contribution < -0.4 is 5.73 Å². The van der Waals surface area contributed by atoms with Gasteiger partial charge in [-0.15, -0.1) is 0 Å².